The van der Waals surface area contributed by atoms with E-state index in [1.807, 2.05) is 11.8 Å². The van der Waals surface area contributed by atoms with Crippen LogP contribution < -0.4 is 5.32 Å². The molecule has 1 heterocycles. The number of anilines is 1. The van der Waals surface area contributed by atoms with Crippen molar-refractivity contribution in [3.05, 3.63) is 23.8 Å². The van der Waals surface area contributed by atoms with E-state index < -0.39 is 9.84 Å². The van der Waals surface area contributed by atoms with E-state index in [1.54, 1.807) is 12.1 Å². The molecule has 1 saturated carbocycles. The fourth-order valence-electron chi connectivity index (χ4n) is 4.29. The molecule has 8 heteroatoms. The zero-order valence-electron chi connectivity index (χ0n) is 17.2. The topological polar surface area (TPSA) is 92.8 Å². The molecule has 1 aromatic carbocycles. The highest BCUT2D eigenvalue weighted by Gasteiger charge is 2.39. The van der Waals surface area contributed by atoms with Crippen molar-refractivity contribution in [3.8, 4) is 0 Å². The summed E-state index contributed by atoms with van der Waals surface area (Å²) in [4.78, 5) is 27.6. The number of rotatable bonds is 6. The minimum absolute atomic E-state index is 0.0956. The van der Waals surface area contributed by atoms with E-state index in [1.165, 1.54) is 6.07 Å². The quantitative estimate of drug-likeness (QED) is 0.760. The van der Waals surface area contributed by atoms with Gasteiger partial charge in [0.05, 0.1) is 18.1 Å². The number of carbonyl (C=O) groups is 2. The van der Waals surface area contributed by atoms with Gasteiger partial charge in [-0.2, -0.15) is 0 Å². The number of ether oxygens (including phenoxy) is 1. The van der Waals surface area contributed by atoms with Crippen molar-refractivity contribution in [1.29, 1.82) is 0 Å². The summed E-state index contributed by atoms with van der Waals surface area (Å²) in [5.74, 6) is -0.0753. The number of aryl methyl sites for hydroxylation is 1. The number of sulfone groups is 1. The van der Waals surface area contributed by atoms with Crippen LogP contribution in [0.4, 0.5) is 5.69 Å². The van der Waals surface area contributed by atoms with Crippen LogP contribution in [0.3, 0.4) is 0 Å². The number of morpholine rings is 1. The van der Waals surface area contributed by atoms with Crippen LogP contribution in [0.2, 0.25) is 0 Å². The Morgan fingerprint density at radius 1 is 1.14 bits per heavy atom. The summed E-state index contributed by atoms with van der Waals surface area (Å²) in [6.07, 6.45) is 5.55. The van der Waals surface area contributed by atoms with E-state index in [0.29, 0.717) is 38.4 Å². The number of benzene rings is 1. The van der Waals surface area contributed by atoms with Gasteiger partial charge in [-0.25, -0.2) is 8.42 Å². The molecule has 3 rings (SSSR count). The molecule has 1 aromatic rings. The Labute approximate surface area is 172 Å². The number of nitrogens with one attached hydrogen (secondary N) is 1. The van der Waals surface area contributed by atoms with Crippen LogP contribution in [0.15, 0.2) is 23.1 Å². The summed E-state index contributed by atoms with van der Waals surface area (Å²) in [6.45, 7) is 4.18. The molecule has 0 spiro atoms. The first kappa shape index (κ1) is 21.8. The molecule has 0 radical (unpaired) electrons. The predicted molar refractivity (Wildman–Crippen MR) is 110 cm³/mol. The highest BCUT2D eigenvalue weighted by molar-refractivity contribution is 7.90. The van der Waals surface area contributed by atoms with Gasteiger partial charge in [0.1, 0.15) is 0 Å². The third kappa shape index (κ3) is 5.57. The minimum Gasteiger partial charge on any atom is -0.378 e. The molecule has 0 atom stereocenters. The molecule has 1 N–H and O–H groups in total. The molecule has 1 aliphatic heterocycles. The zero-order valence-corrected chi connectivity index (χ0v) is 18.0. The van der Waals surface area contributed by atoms with Crippen LogP contribution in [0, 0.1) is 12.3 Å². The van der Waals surface area contributed by atoms with Gasteiger partial charge in [-0.15, -0.1) is 0 Å². The Morgan fingerprint density at radius 3 is 2.41 bits per heavy atom. The molecule has 29 heavy (non-hydrogen) atoms. The molecule has 1 aliphatic carbocycles. The van der Waals surface area contributed by atoms with Crippen LogP contribution in [-0.2, 0) is 24.2 Å². The molecule has 1 saturated heterocycles. The van der Waals surface area contributed by atoms with E-state index >= 15 is 0 Å². The monoisotopic (exact) mass is 422 g/mol. The largest absolute Gasteiger partial charge is 0.378 e. The second-order valence-corrected chi connectivity index (χ2v) is 10.4. The van der Waals surface area contributed by atoms with Crippen LogP contribution in [-0.4, -0.2) is 57.7 Å². The van der Waals surface area contributed by atoms with E-state index in [2.05, 4.69) is 5.32 Å². The van der Waals surface area contributed by atoms with Gasteiger partial charge in [0.25, 0.3) is 0 Å². The lowest BCUT2D eigenvalue weighted by atomic mass is 9.78. The van der Waals surface area contributed by atoms with Crippen molar-refractivity contribution in [2.75, 3.05) is 37.9 Å². The summed E-state index contributed by atoms with van der Waals surface area (Å²) in [5.41, 5.74) is 0.989. The number of nitrogens with zero attached hydrogens (tertiary/aromatic N) is 1. The molecule has 0 aromatic heterocycles. The lowest BCUT2D eigenvalue weighted by molar-refractivity contribution is -0.138. The van der Waals surface area contributed by atoms with Gasteiger partial charge in [0.2, 0.25) is 11.8 Å². The zero-order chi connectivity index (χ0) is 21.1. The second kappa shape index (κ2) is 8.83. The van der Waals surface area contributed by atoms with Gasteiger partial charge in [-0.05, 0) is 42.9 Å². The Bertz CT molecular complexity index is 869. The number of hydrogen-bond acceptors (Lipinski definition) is 5. The fourth-order valence-corrected chi connectivity index (χ4v) is 4.93. The summed E-state index contributed by atoms with van der Waals surface area (Å²) in [5, 5.41) is 2.88. The Hall–Kier alpha value is -1.93. The van der Waals surface area contributed by atoms with Crippen molar-refractivity contribution in [3.63, 3.8) is 0 Å². The molecule has 2 amide bonds. The first-order valence-corrected chi connectivity index (χ1v) is 12.0. The Morgan fingerprint density at radius 2 is 1.79 bits per heavy atom. The maximum absolute atomic E-state index is 12.8. The van der Waals surface area contributed by atoms with Gasteiger partial charge < -0.3 is 15.0 Å². The van der Waals surface area contributed by atoms with Crippen molar-refractivity contribution in [2.45, 2.75) is 50.3 Å². The molecular weight excluding hydrogens is 392 g/mol. The second-order valence-electron chi connectivity index (χ2n) is 8.35. The first-order valence-electron chi connectivity index (χ1n) is 10.1. The van der Waals surface area contributed by atoms with Crippen molar-refractivity contribution in [1.82, 2.24) is 4.90 Å². The standard InChI is InChI=1S/C21H30N2O5S/c1-16-5-6-17(29(2,26)27)13-18(16)22-19(24)14-21(7-3-4-8-21)15-20(25)23-9-11-28-12-10-23/h5-6,13H,3-4,7-12,14-15H2,1-2H3,(H,22,24). The van der Waals surface area contributed by atoms with Crippen LogP contribution in [0.1, 0.15) is 44.1 Å². The van der Waals surface area contributed by atoms with Crippen molar-refractivity contribution >= 4 is 27.3 Å². The first-order chi connectivity index (χ1) is 13.7. The van der Waals surface area contributed by atoms with E-state index in [9.17, 15) is 18.0 Å². The third-order valence-electron chi connectivity index (χ3n) is 6.00. The number of carbonyl (C=O) groups excluding carboxylic acids is 2. The summed E-state index contributed by atoms with van der Waals surface area (Å²) < 4.78 is 29.0. The average Bonchev–Trinajstić information content (AvgIpc) is 3.11. The summed E-state index contributed by atoms with van der Waals surface area (Å²) in [6, 6.07) is 4.74. The van der Waals surface area contributed by atoms with Gasteiger partial charge in [0, 0.05) is 37.9 Å². The molecule has 160 valence electrons. The number of amides is 2. The maximum Gasteiger partial charge on any atom is 0.224 e. The van der Waals surface area contributed by atoms with Crippen LogP contribution in [0.5, 0.6) is 0 Å². The van der Waals surface area contributed by atoms with Crippen molar-refractivity contribution < 1.29 is 22.7 Å². The predicted octanol–water partition coefficient (Wildman–Crippen LogP) is 2.54. The average molecular weight is 423 g/mol. The van der Waals surface area contributed by atoms with E-state index in [0.717, 1.165) is 37.5 Å². The lowest BCUT2D eigenvalue weighted by Gasteiger charge is -2.33. The smallest absolute Gasteiger partial charge is 0.224 e. The third-order valence-corrected chi connectivity index (χ3v) is 7.11. The highest BCUT2D eigenvalue weighted by Crippen LogP contribution is 2.44. The Balaban J connectivity index is 1.69. The Kier molecular flexibility index (Phi) is 6.63. The van der Waals surface area contributed by atoms with Gasteiger partial charge >= 0.3 is 0 Å². The van der Waals surface area contributed by atoms with Gasteiger partial charge in [-0.3, -0.25) is 9.59 Å². The van der Waals surface area contributed by atoms with Crippen molar-refractivity contribution in [2.24, 2.45) is 5.41 Å². The number of hydrogen-bond donors (Lipinski definition) is 1. The van der Waals surface area contributed by atoms with E-state index in [-0.39, 0.29) is 28.5 Å². The summed E-state index contributed by atoms with van der Waals surface area (Å²) in [7, 11) is -3.35. The molecule has 0 unspecified atom stereocenters. The molecule has 2 aliphatic rings. The maximum atomic E-state index is 12.8. The molecule has 2 fully saturated rings. The minimum atomic E-state index is -3.35. The van der Waals surface area contributed by atoms with Gasteiger partial charge in [0.15, 0.2) is 9.84 Å². The summed E-state index contributed by atoms with van der Waals surface area (Å²) >= 11 is 0. The van der Waals surface area contributed by atoms with Crippen LogP contribution >= 0.6 is 0 Å². The van der Waals surface area contributed by atoms with Gasteiger partial charge in [-0.1, -0.05) is 18.9 Å². The molecule has 0 bridgehead atoms. The fraction of sp³-hybridized carbons (Fsp3) is 0.619. The lowest BCUT2D eigenvalue weighted by Crippen LogP contribution is -2.43. The molecule has 7 nitrogen and oxygen atoms in total. The van der Waals surface area contributed by atoms with E-state index in [4.69, 9.17) is 4.74 Å². The highest BCUT2D eigenvalue weighted by atomic mass is 32.2. The van der Waals surface area contributed by atoms with Crippen LogP contribution in [0.25, 0.3) is 0 Å². The normalized spacial score (nSPS) is 19.2. The molecular formula is C21H30N2O5S. The SMILES string of the molecule is Cc1ccc(S(C)(=O)=O)cc1NC(=O)CC1(CC(=O)N2CCOCC2)CCCC1.